The molecule has 6 nitrogen and oxygen atoms in total. The Labute approximate surface area is 190 Å². The van der Waals surface area contributed by atoms with Crippen LogP contribution in [-0.2, 0) is 11.3 Å². The number of carbonyl (C=O) groups excluding carboxylic acids is 2. The van der Waals surface area contributed by atoms with Crippen LogP contribution in [0.25, 0.3) is 0 Å². The number of hydrogen-bond acceptors (Lipinski definition) is 4. The molecule has 1 aliphatic heterocycles. The smallest absolute Gasteiger partial charge is 0.253 e. The molecule has 1 heterocycles. The summed E-state index contributed by atoms with van der Waals surface area (Å²) < 4.78 is 0. The van der Waals surface area contributed by atoms with Gasteiger partial charge in [-0.2, -0.15) is 0 Å². The lowest BCUT2D eigenvalue weighted by atomic mass is 10.1. The lowest BCUT2D eigenvalue weighted by Gasteiger charge is -2.35. The normalized spacial score (nSPS) is 18.5. The molecule has 2 aromatic rings. The molecule has 32 heavy (non-hydrogen) atoms. The van der Waals surface area contributed by atoms with Crippen LogP contribution in [0.3, 0.4) is 0 Å². The lowest BCUT2D eigenvalue weighted by Crippen LogP contribution is -2.49. The first-order valence-electron chi connectivity index (χ1n) is 11.7. The largest absolute Gasteiger partial charge is 0.387 e. The summed E-state index contributed by atoms with van der Waals surface area (Å²) in [6, 6.07) is 17.2. The van der Waals surface area contributed by atoms with E-state index in [0.717, 1.165) is 49.9 Å². The van der Waals surface area contributed by atoms with E-state index in [1.165, 1.54) is 0 Å². The minimum absolute atomic E-state index is 0.0369. The SMILES string of the molecule is O=C(NCc1ccc(C(=O)N2CCN(CC(O)c3ccccc3)CC2)cc1)C1CCCC1. The van der Waals surface area contributed by atoms with Crippen LogP contribution in [0.2, 0.25) is 0 Å². The summed E-state index contributed by atoms with van der Waals surface area (Å²) in [4.78, 5) is 29.2. The molecule has 2 fully saturated rings. The van der Waals surface area contributed by atoms with Crippen LogP contribution in [0, 0.1) is 5.92 Å². The second-order valence-corrected chi connectivity index (χ2v) is 8.92. The number of hydrogen-bond donors (Lipinski definition) is 2. The molecule has 2 aliphatic rings. The average Bonchev–Trinajstić information content (AvgIpc) is 3.39. The van der Waals surface area contributed by atoms with Gasteiger partial charge in [0.1, 0.15) is 0 Å². The fourth-order valence-corrected chi connectivity index (χ4v) is 4.63. The van der Waals surface area contributed by atoms with E-state index >= 15 is 0 Å². The Morgan fingerprint density at radius 2 is 1.59 bits per heavy atom. The summed E-state index contributed by atoms with van der Waals surface area (Å²) >= 11 is 0. The molecule has 1 aliphatic carbocycles. The highest BCUT2D eigenvalue weighted by molar-refractivity contribution is 5.94. The summed E-state index contributed by atoms with van der Waals surface area (Å²) in [5, 5.41) is 13.5. The molecule has 0 radical (unpaired) electrons. The first kappa shape index (κ1) is 22.5. The molecule has 0 bridgehead atoms. The first-order chi connectivity index (χ1) is 15.6. The van der Waals surface area contributed by atoms with Gasteiger partial charge >= 0.3 is 0 Å². The number of aliphatic hydroxyl groups is 1. The van der Waals surface area contributed by atoms with Crippen LogP contribution < -0.4 is 5.32 Å². The summed E-state index contributed by atoms with van der Waals surface area (Å²) in [6.45, 7) is 3.89. The second-order valence-electron chi connectivity index (χ2n) is 8.92. The minimum atomic E-state index is -0.514. The molecule has 170 valence electrons. The molecule has 0 aromatic heterocycles. The topological polar surface area (TPSA) is 72.9 Å². The van der Waals surface area contributed by atoms with E-state index in [-0.39, 0.29) is 17.7 Å². The van der Waals surface area contributed by atoms with Crippen LogP contribution in [0.15, 0.2) is 54.6 Å². The Morgan fingerprint density at radius 1 is 0.938 bits per heavy atom. The van der Waals surface area contributed by atoms with Gasteiger partial charge in [0.25, 0.3) is 5.91 Å². The monoisotopic (exact) mass is 435 g/mol. The molecule has 1 saturated carbocycles. The third-order valence-corrected chi connectivity index (χ3v) is 6.67. The van der Waals surface area contributed by atoms with Crippen molar-refractivity contribution in [3.63, 3.8) is 0 Å². The van der Waals surface area contributed by atoms with E-state index in [2.05, 4.69) is 10.2 Å². The fraction of sp³-hybridized carbons (Fsp3) is 0.462. The molecule has 4 rings (SSSR count). The quantitative estimate of drug-likeness (QED) is 0.701. The zero-order valence-corrected chi connectivity index (χ0v) is 18.6. The van der Waals surface area contributed by atoms with Crippen molar-refractivity contribution < 1.29 is 14.7 Å². The molecule has 1 atom stereocenters. The van der Waals surface area contributed by atoms with Crippen molar-refractivity contribution in [3.8, 4) is 0 Å². The number of piperazine rings is 1. The van der Waals surface area contributed by atoms with Crippen molar-refractivity contribution >= 4 is 11.8 Å². The summed E-state index contributed by atoms with van der Waals surface area (Å²) in [5.41, 5.74) is 2.60. The Kier molecular flexibility index (Phi) is 7.55. The number of aliphatic hydroxyl groups excluding tert-OH is 1. The van der Waals surface area contributed by atoms with Crippen molar-refractivity contribution in [2.45, 2.75) is 38.3 Å². The number of benzene rings is 2. The summed E-state index contributed by atoms with van der Waals surface area (Å²) in [5.74, 6) is 0.357. The van der Waals surface area contributed by atoms with Gasteiger partial charge in [-0.25, -0.2) is 0 Å². The minimum Gasteiger partial charge on any atom is -0.387 e. The Morgan fingerprint density at radius 3 is 2.25 bits per heavy atom. The van der Waals surface area contributed by atoms with E-state index < -0.39 is 6.10 Å². The maximum atomic E-state index is 12.9. The highest BCUT2D eigenvalue weighted by Crippen LogP contribution is 2.24. The molecular formula is C26H33N3O3. The summed E-state index contributed by atoms with van der Waals surface area (Å²) in [7, 11) is 0. The van der Waals surface area contributed by atoms with Gasteiger partial charge in [0, 0.05) is 50.7 Å². The Balaban J connectivity index is 1.23. The first-order valence-corrected chi connectivity index (χ1v) is 11.7. The lowest BCUT2D eigenvalue weighted by molar-refractivity contribution is -0.124. The van der Waals surface area contributed by atoms with Crippen LogP contribution in [0.1, 0.15) is 53.3 Å². The zero-order chi connectivity index (χ0) is 22.3. The van der Waals surface area contributed by atoms with Crippen LogP contribution >= 0.6 is 0 Å². The predicted octanol–water partition coefficient (Wildman–Crippen LogP) is 2.98. The zero-order valence-electron chi connectivity index (χ0n) is 18.6. The van der Waals surface area contributed by atoms with Crippen LogP contribution in [0.5, 0.6) is 0 Å². The molecule has 0 spiro atoms. The third kappa shape index (κ3) is 5.75. The second kappa shape index (κ2) is 10.7. The highest BCUT2D eigenvalue weighted by Gasteiger charge is 2.24. The van der Waals surface area contributed by atoms with Crippen LogP contribution in [-0.4, -0.2) is 59.4 Å². The van der Waals surface area contributed by atoms with E-state index in [1.54, 1.807) is 0 Å². The maximum absolute atomic E-state index is 12.9. The fourth-order valence-electron chi connectivity index (χ4n) is 4.63. The van der Waals surface area contributed by atoms with Gasteiger partial charge in [0.15, 0.2) is 0 Å². The van der Waals surface area contributed by atoms with Gasteiger partial charge in [-0.15, -0.1) is 0 Å². The van der Waals surface area contributed by atoms with Gasteiger partial charge in [0.2, 0.25) is 5.91 Å². The molecule has 2 N–H and O–H groups in total. The van der Waals surface area contributed by atoms with Crippen molar-refractivity contribution in [3.05, 3.63) is 71.3 Å². The van der Waals surface area contributed by atoms with Gasteiger partial charge in [0.05, 0.1) is 6.10 Å². The molecule has 2 aromatic carbocycles. The molecule has 1 unspecified atom stereocenters. The summed E-state index contributed by atoms with van der Waals surface area (Å²) in [6.07, 6.45) is 3.78. The van der Waals surface area contributed by atoms with Crippen LogP contribution in [0.4, 0.5) is 0 Å². The average molecular weight is 436 g/mol. The number of amides is 2. The third-order valence-electron chi connectivity index (χ3n) is 6.67. The molecule has 2 amide bonds. The van der Waals surface area contributed by atoms with E-state index in [4.69, 9.17) is 0 Å². The van der Waals surface area contributed by atoms with E-state index in [1.807, 2.05) is 59.5 Å². The van der Waals surface area contributed by atoms with Crippen molar-refractivity contribution in [1.82, 2.24) is 15.1 Å². The van der Waals surface area contributed by atoms with E-state index in [9.17, 15) is 14.7 Å². The van der Waals surface area contributed by atoms with Crippen molar-refractivity contribution in [2.24, 2.45) is 5.92 Å². The predicted molar refractivity (Wildman–Crippen MR) is 124 cm³/mol. The van der Waals surface area contributed by atoms with Crippen molar-refractivity contribution in [1.29, 1.82) is 0 Å². The van der Waals surface area contributed by atoms with Gasteiger partial charge < -0.3 is 15.3 Å². The molecule has 6 heteroatoms. The van der Waals surface area contributed by atoms with E-state index in [0.29, 0.717) is 31.7 Å². The number of nitrogens with zero attached hydrogens (tertiary/aromatic N) is 2. The molecular weight excluding hydrogens is 402 g/mol. The standard InChI is InChI=1S/C26H33N3O3/c30-24(21-6-2-1-3-7-21)19-28-14-16-29(17-15-28)26(32)23-12-10-20(11-13-23)18-27-25(31)22-8-4-5-9-22/h1-3,6-7,10-13,22,24,30H,4-5,8-9,14-19H2,(H,27,31). The Bertz CT molecular complexity index is 886. The van der Waals surface area contributed by atoms with Gasteiger partial charge in [-0.3, -0.25) is 14.5 Å². The van der Waals surface area contributed by atoms with Crippen molar-refractivity contribution in [2.75, 3.05) is 32.7 Å². The Hall–Kier alpha value is -2.70. The van der Waals surface area contributed by atoms with Gasteiger partial charge in [-0.1, -0.05) is 55.3 Å². The highest BCUT2D eigenvalue weighted by atomic mass is 16.3. The number of rotatable bonds is 7. The molecule has 1 saturated heterocycles. The number of β-amino-alcohol motifs (C(OH)–C–C–N with tert-alkyl or cyclic N) is 1. The maximum Gasteiger partial charge on any atom is 0.253 e. The number of carbonyl (C=O) groups is 2. The van der Waals surface area contributed by atoms with Gasteiger partial charge in [-0.05, 0) is 36.1 Å². The number of nitrogens with one attached hydrogen (secondary N) is 1.